The number of hydrogen-bond donors (Lipinski definition) is 1. The average Bonchev–Trinajstić information content (AvgIpc) is 3.07. The Kier molecular flexibility index (Phi) is 4.00. The van der Waals surface area contributed by atoms with Gasteiger partial charge in [-0.1, -0.05) is 43.7 Å². The van der Waals surface area contributed by atoms with E-state index >= 15 is 0 Å². The van der Waals surface area contributed by atoms with Gasteiger partial charge >= 0.3 is 0 Å². The van der Waals surface area contributed by atoms with Gasteiger partial charge in [0.15, 0.2) is 0 Å². The van der Waals surface area contributed by atoms with Gasteiger partial charge in [0, 0.05) is 0 Å². The summed E-state index contributed by atoms with van der Waals surface area (Å²) < 4.78 is 0. The predicted octanol–water partition coefficient (Wildman–Crippen LogP) is 3.73. The lowest BCUT2D eigenvalue weighted by molar-refractivity contribution is 0.148. The Bertz CT molecular complexity index is 306. The zero-order chi connectivity index (χ0) is 11.4. The molecule has 1 saturated carbocycles. The molecule has 1 aromatic rings. The lowest BCUT2D eigenvalue weighted by Gasteiger charge is -2.08. The molecule has 0 bridgehead atoms. The second kappa shape index (κ2) is 5.49. The van der Waals surface area contributed by atoms with Gasteiger partial charge in [-0.15, -0.1) is 0 Å². The molecule has 0 spiro atoms. The highest BCUT2D eigenvalue weighted by Crippen LogP contribution is 2.50. The Morgan fingerprint density at radius 3 is 2.69 bits per heavy atom. The molecule has 1 aliphatic carbocycles. The third-order valence-electron chi connectivity index (χ3n) is 3.64. The van der Waals surface area contributed by atoms with Crippen molar-refractivity contribution in [1.29, 1.82) is 0 Å². The Balaban J connectivity index is 1.72. The third kappa shape index (κ3) is 3.08. The van der Waals surface area contributed by atoms with E-state index in [1.807, 2.05) is 0 Å². The minimum absolute atomic E-state index is 0.0676. The number of benzene rings is 1. The zero-order valence-electron chi connectivity index (χ0n) is 10.1. The quantitative estimate of drug-likeness (QED) is 0.771. The highest BCUT2D eigenvalue weighted by Gasteiger charge is 2.37. The number of aliphatic hydroxyl groups excluding tert-OH is 1. The predicted molar refractivity (Wildman–Crippen MR) is 67.4 cm³/mol. The van der Waals surface area contributed by atoms with Gasteiger partial charge in [-0.05, 0) is 43.1 Å². The highest BCUT2D eigenvalue weighted by molar-refractivity contribution is 5.25. The van der Waals surface area contributed by atoms with Crippen molar-refractivity contribution in [2.75, 3.05) is 0 Å². The molecule has 1 fully saturated rings. The summed E-state index contributed by atoms with van der Waals surface area (Å²) in [5.74, 6) is 1.60. The van der Waals surface area contributed by atoms with E-state index in [0.717, 1.165) is 31.1 Å². The van der Waals surface area contributed by atoms with Crippen molar-refractivity contribution in [3.05, 3.63) is 35.9 Å². The normalized spacial score (nSPS) is 25.4. The van der Waals surface area contributed by atoms with Crippen molar-refractivity contribution < 1.29 is 5.11 Å². The molecule has 3 atom stereocenters. The van der Waals surface area contributed by atoms with E-state index in [9.17, 15) is 5.11 Å². The first kappa shape index (κ1) is 11.7. The van der Waals surface area contributed by atoms with Crippen LogP contribution >= 0.6 is 0 Å². The van der Waals surface area contributed by atoms with E-state index in [0.29, 0.717) is 0 Å². The molecule has 0 saturated heterocycles. The Hall–Kier alpha value is -0.820. The second-order valence-corrected chi connectivity index (χ2v) is 5.03. The molecule has 0 radical (unpaired) electrons. The van der Waals surface area contributed by atoms with E-state index in [1.54, 1.807) is 0 Å². The lowest BCUT2D eigenvalue weighted by atomic mass is 10.0. The summed E-state index contributed by atoms with van der Waals surface area (Å²) in [4.78, 5) is 0. The first-order valence-electron chi connectivity index (χ1n) is 6.54. The van der Waals surface area contributed by atoms with Crippen LogP contribution in [0.25, 0.3) is 0 Å². The molecule has 2 rings (SSSR count). The minimum Gasteiger partial charge on any atom is -0.393 e. The molecule has 88 valence electrons. The zero-order valence-corrected chi connectivity index (χ0v) is 10.1. The summed E-state index contributed by atoms with van der Waals surface area (Å²) in [6, 6.07) is 10.8. The van der Waals surface area contributed by atoms with E-state index < -0.39 is 0 Å². The van der Waals surface area contributed by atoms with Crippen molar-refractivity contribution >= 4 is 0 Å². The van der Waals surface area contributed by atoms with E-state index in [2.05, 4.69) is 37.3 Å². The van der Waals surface area contributed by atoms with Crippen LogP contribution in [-0.2, 0) is 0 Å². The van der Waals surface area contributed by atoms with Gasteiger partial charge in [-0.2, -0.15) is 0 Å². The van der Waals surface area contributed by atoms with Gasteiger partial charge in [0.25, 0.3) is 0 Å². The smallest absolute Gasteiger partial charge is 0.0540 e. The first-order valence-corrected chi connectivity index (χ1v) is 6.54. The van der Waals surface area contributed by atoms with Crippen LogP contribution in [0.2, 0.25) is 0 Å². The summed E-state index contributed by atoms with van der Waals surface area (Å²) in [6.45, 7) is 2.13. The Morgan fingerprint density at radius 2 is 2.00 bits per heavy atom. The third-order valence-corrected chi connectivity index (χ3v) is 3.64. The van der Waals surface area contributed by atoms with Gasteiger partial charge in [-0.25, -0.2) is 0 Å². The summed E-state index contributed by atoms with van der Waals surface area (Å²) in [5, 5.41) is 9.68. The van der Waals surface area contributed by atoms with Gasteiger partial charge < -0.3 is 5.11 Å². The monoisotopic (exact) mass is 218 g/mol. The fraction of sp³-hybridized carbons (Fsp3) is 0.600. The molecule has 0 heterocycles. The molecular weight excluding hydrogens is 196 g/mol. The highest BCUT2D eigenvalue weighted by atomic mass is 16.3. The maximum absolute atomic E-state index is 9.68. The van der Waals surface area contributed by atoms with Crippen LogP contribution in [0.1, 0.15) is 50.5 Å². The van der Waals surface area contributed by atoms with Crippen LogP contribution in [0.3, 0.4) is 0 Å². The topological polar surface area (TPSA) is 20.2 Å². The maximum Gasteiger partial charge on any atom is 0.0540 e. The van der Waals surface area contributed by atoms with Gasteiger partial charge in [-0.3, -0.25) is 0 Å². The van der Waals surface area contributed by atoms with Crippen molar-refractivity contribution in [2.24, 2.45) is 5.92 Å². The van der Waals surface area contributed by atoms with Gasteiger partial charge in [0.1, 0.15) is 0 Å². The standard InChI is InChI=1S/C15H22O/c1-2-6-14(16)10-9-13-11-15(13)12-7-4-3-5-8-12/h3-5,7-8,13-16H,2,6,9-11H2,1H3. The largest absolute Gasteiger partial charge is 0.393 e. The molecule has 0 aromatic heterocycles. The molecule has 1 heteroatoms. The lowest BCUT2D eigenvalue weighted by Crippen LogP contribution is -2.05. The van der Waals surface area contributed by atoms with E-state index in [-0.39, 0.29) is 6.10 Å². The van der Waals surface area contributed by atoms with Crippen molar-refractivity contribution in [3.63, 3.8) is 0 Å². The molecular formula is C15H22O. The minimum atomic E-state index is -0.0676. The summed E-state index contributed by atoms with van der Waals surface area (Å²) >= 11 is 0. The van der Waals surface area contributed by atoms with Crippen molar-refractivity contribution in [1.82, 2.24) is 0 Å². The molecule has 1 aromatic carbocycles. The van der Waals surface area contributed by atoms with E-state index in [1.165, 1.54) is 18.4 Å². The fourth-order valence-electron chi connectivity index (χ4n) is 2.56. The molecule has 16 heavy (non-hydrogen) atoms. The van der Waals surface area contributed by atoms with Crippen LogP contribution in [0, 0.1) is 5.92 Å². The summed E-state index contributed by atoms with van der Waals surface area (Å²) in [5.41, 5.74) is 1.48. The number of hydrogen-bond acceptors (Lipinski definition) is 1. The van der Waals surface area contributed by atoms with Crippen LogP contribution in [0.15, 0.2) is 30.3 Å². The van der Waals surface area contributed by atoms with Gasteiger partial charge in [0.05, 0.1) is 6.10 Å². The Labute approximate surface area is 98.5 Å². The molecule has 1 nitrogen and oxygen atoms in total. The van der Waals surface area contributed by atoms with Crippen LogP contribution in [-0.4, -0.2) is 11.2 Å². The van der Waals surface area contributed by atoms with Crippen molar-refractivity contribution in [2.45, 2.75) is 51.0 Å². The van der Waals surface area contributed by atoms with Crippen molar-refractivity contribution in [3.8, 4) is 0 Å². The van der Waals surface area contributed by atoms with E-state index in [4.69, 9.17) is 0 Å². The van der Waals surface area contributed by atoms with Crippen LogP contribution in [0.5, 0.6) is 0 Å². The number of aliphatic hydroxyl groups is 1. The van der Waals surface area contributed by atoms with Crippen LogP contribution < -0.4 is 0 Å². The summed E-state index contributed by atoms with van der Waals surface area (Å²) in [6.07, 6.45) is 5.49. The Morgan fingerprint density at radius 1 is 1.25 bits per heavy atom. The van der Waals surface area contributed by atoms with Crippen LogP contribution in [0.4, 0.5) is 0 Å². The maximum atomic E-state index is 9.68. The average molecular weight is 218 g/mol. The van der Waals surface area contributed by atoms with Gasteiger partial charge in [0.2, 0.25) is 0 Å². The first-order chi connectivity index (χ1) is 7.81. The SMILES string of the molecule is CCCC(O)CCC1CC1c1ccccc1. The fourth-order valence-corrected chi connectivity index (χ4v) is 2.56. The molecule has 0 aliphatic heterocycles. The molecule has 1 N–H and O–H groups in total. The molecule has 3 unspecified atom stereocenters. The molecule has 0 amide bonds. The summed E-state index contributed by atoms with van der Waals surface area (Å²) in [7, 11) is 0. The second-order valence-electron chi connectivity index (χ2n) is 5.03. The number of rotatable bonds is 6. The molecule has 1 aliphatic rings.